The Morgan fingerprint density at radius 2 is 1.70 bits per heavy atom. The fourth-order valence-electron chi connectivity index (χ4n) is 1.58. The summed E-state index contributed by atoms with van der Waals surface area (Å²) in [4.78, 5) is 11.7. The predicted molar refractivity (Wildman–Crippen MR) is 66.3 cm³/mol. The van der Waals surface area contributed by atoms with Crippen molar-refractivity contribution >= 4 is 11.7 Å². The summed E-state index contributed by atoms with van der Waals surface area (Å²) in [7, 11) is 0. The van der Waals surface area contributed by atoms with Gasteiger partial charge in [0.15, 0.2) is 0 Å². The number of ether oxygens (including phenoxy) is 1. The van der Waals surface area contributed by atoms with Crippen molar-refractivity contribution in [1.29, 1.82) is 0 Å². The van der Waals surface area contributed by atoms with Crippen LogP contribution in [-0.4, -0.2) is 5.97 Å². The molecule has 0 unspecified atom stereocenters. The minimum atomic E-state index is -0.911. The number of halogens is 3. The first kappa shape index (κ1) is 13.9. The van der Waals surface area contributed by atoms with Crippen molar-refractivity contribution in [3.05, 3.63) is 65.0 Å². The van der Waals surface area contributed by atoms with Crippen LogP contribution in [0.15, 0.2) is 36.4 Å². The van der Waals surface area contributed by atoms with Crippen LogP contribution >= 0.6 is 0 Å². The van der Waals surface area contributed by atoms with Crippen LogP contribution in [0, 0.1) is 17.5 Å². The van der Waals surface area contributed by atoms with Gasteiger partial charge < -0.3 is 10.5 Å². The SMILES string of the molecule is Nc1ccc(F)cc1C(=O)OCc1cc(F)ccc1F. The molecule has 0 aliphatic carbocycles. The summed E-state index contributed by atoms with van der Waals surface area (Å²) in [5, 5.41) is 0. The molecule has 2 aromatic carbocycles. The van der Waals surface area contributed by atoms with Gasteiger partial charge in [0, 0.05) is 11.3 Å². The zero-order valence-corrected chi connectivity index (χ0v) is 10.2. The summed E-state index contributed by atoms with van der Waals surface area (Å²) in [6.45, 7) is -0.474. The van der Waals surface area contributed by atoms with Gasteiger partial charge in [-0.1, -0.05) is 0 Å². The molecule has 0 spiro atoms. The standard InChI is InChI=1S/C14H10F3NO2/c15-9-1-3-12(17)8(5-9)7-20-14(19)11-6-10(16)2-4-13(11)18/h1-6H,7,18H2. The molecule has 2 rings (SSSR count). The molecule has 0 amide bonds. The number of hydrogen-bond acceptors (Lipinski definition) is 3. The second-order valence-corrected chi connectivity index (χ2v) is 4.04. The molecule has 2 N–H and O–H groups in total. The maximum absolute atomic E-state index is 13.3. The first-order valence-corrected chi connectivity index (χ1v) is 5.63. The van der Waals surface area contributed by atoms with Crippen molar-refractivity contribution in [2.45, 2.75) is 6.61 Å². The molecule has 20 heavy (non-hydrogen) atoms. The average Bonchev–Trinajstić information content (AvgIpc) is 2.42. The molecule has 0 aliphatic heterocycles. The molecular formula is C14H10F3NO2. The average molecular weight is 281 g/mol. The van der Waals surface area contributed by atoms with Crippen molar-refractivity contribution in [3.63, 3.8) is 0 Å². The second kappa shape index (κ2) is 5.64. The van der Waals surface area contributed by atoms with Crippen LogP contribution in [0.5, 0.6) is 0 Å². The lowest BCUT2D eigenvalue weighted by atomic mass is 10.2. The molecule has 6 heteroatoms. The highest BCUT2D eigenvalue weighted by Crippen LogP contribution is 2.16. The van der Waals surface area contributed by atoms with Gasteiger partial charge in [0.1, 0.15) is 24.1 Å². The lowest BCUT2D eigenvalue weighted by molar-refractivity contribution is 0.0469. The molecule has 3 nitrogen and oxygen atoms in total. The van der Waals surface area contributed by atoms with E-state index in [0.29, 0.717) is 0 Å². The van der Waals surface area contributed by atoms with Gasteiger partial charge in [-0.2, -0.15) is 0 Å². The van der Waals surface area contributed by atoms with Crippen molar-refractivity contribution < 1.29 is 22.7 Å². The highest BCUT2D eigenvalue weighted by molar-refractivity contribution is 5.95. The smallest absolute Gasteiger partial charge is 0.340 e. The minimum Gasteiger partial charge on any atom is -0.457 e. The quantitative estimate of drug-likeness (QED) is 0.695. The Morgan fingerprint density at radius 1 is 1.05 bits per heavy atom. The van der Waals surface area contributed by atoms with E-state index in [2.05, 4.69) is 0 Å². The third kappa shape index (κ3) is 3.09. The number of hydrogen-bond donors (Lipinski definition) is 1. The maximum Gasteiger partial charge on any atom is 0.340 e. The lowest BCUT2D eigenvalue weighted by Crippen LogP contribution is -2.09. The Bertz CT molecular complexity index is 659. The monoisotopic (exact) mass is 281 g/mol. The number of carbonyl (C=O) groups is 1. The zero-order chi connectivity index (χ0) is 14.7. The van der Waals surface area contributed by atoms with Gasteiger partial charge in [-0.25, -0.2) is 18.0 Å². The Kier molecular flexibility index (Phi) is 3.93. The number of benzene rings is 2. The first-order chi connectivity index (χ1) is 9.47. The highest BCUT2D eigenvalue weighted by Gasteiger charge is 2.14. The van der Waals surface area contributed by atoms with Gasteiger partial charge in [-0.3, -0.25) is 0 Å². The van der Waals surface area contributed by atoms with E-state index < -0.39 is 30.0 Å². The van der Waals surface area contributed by atoms with Crippen molar-refractivity contribution in [1.82, 2.24) is 0 Å². The molecule has 0 saturated heterocycles. The van der Waals surface area contributed by atoms with Crippen molar-refractivity contribution in [2.24, 2.45) is 0 Å². The lowest BCUT2D eigenvalue weighted by Gasteiger charge is -2.08. The summed E-state index contributed by atoms with van der Waals surface area (Å²) in [5.41, 5.74) is 5.27. The molecule has 0 saturated carbocycles. The third-order valence-corrected chi connectivity index (χ3v) is 2.60. The highest BCUT2D eigenvalue weighted by atomic mass is 19.1. The van der Waals surface area contributed by atoms with E-state index in [1.165, 1.54) is 6.07 Å². The Hall–Kier alpha value is -2.50. The number of esters is 1. The van der Waals surface area contributed by atoms with Crippen LogP contribution in [0.2, 0.25) is 0 Å². The molecule has 0 fully saturated rings. The van der Waals surface area contributed by atoms with E-state index in [1.54, 1.807) is 0 Å². The second-order valence-electron chi connectivity index (χ2n) is 4.04. The maximum atomic E-state index is 13.3. The van der Waals surface area contributed by atoms with Crippen LogP contribution in [0.1, 0.15) is 15.9 Å². The molecule has 0 aromatic heterocycles. The molecule has 2 aromatic rings. The summed E-state index contributed by atoms with van der Waals surface area (Å²) >= 11 is 0. The molecule has 0 bridgehead atoms. The molecular weight excluding hydrogens is 271 g/mol. The van der Waals surface area contributed by atoms with Gasteiger partial charge in [0.2, 0.25) is 0 Å². The fourth-order valence-corrected chi connectivity index (χ4v) is 1.58. The van der Waals surface area contributed by atoms with Crippen molar-refractivity contribution in [2.75, 3.05) is 5.73 Å². The van der Waals surface area contributed by atoms with E-state index >= 15 is 0 Å². The number of carbonyl (C=O) groups excluding carboxylic acids is 1. The van der Waals surface area contributed by atoms with E-state index in [0.717, 1.165) is 30.3 Å². The molecule has 0 aliphatic rings. The third-order valence-electron chi connectivity index (χ3n) is 2.60. The van der Waals surface area contributed by atoms with Gasteiger partial charge in [0.05, 0.1) is 5.56 Å². The van der Waals surface area contributed by atoms with Gasteiger partial charge in [-0.05, 0) is 36.4 Å². The minimum absolute atomic E-state index is 0.0381. The van der Waals surface area contributed by atoms with Gasteiger partial charge in [-0.15, -0.1) is 0 Å². The van der Waals surface area contributed by atoms with Crippen LogP contribution in [0.25, 0.3) is 0 Å². The van der Waals surface area contributed by atoms with E-state index in [9.17, 15) is 18.0 Å². The predicted octanol–water partition coefficient (Wildman–Crippen LogP) is 3.04. The van der Waals surface area contributed by atoms with Crippen LogP contribution in [-0.2, 0) is 11.3 Å². The number of anilines is 1. The topological polar surface area (TPSA) is 52.3 Å². The van der Waals surface area contributed by atoms with Crippen molar-refractivity contribution in [3.8, 4) is 0 Å². The normalized spacial score (nSPS) is 10.3. The Balaban J connectivity index is 2.12. The van der Waals surface area contributed by atoms with Gasteiger partial charge >= 0.3 is 5.97 Å². The van der Waals surface area contributed by atoms with E-state index in [4.69, 9.17) is 10.5 Å². The molecule has 0 radical (unpaired) electrons. The summed E-state index contributed by atoms with van der Waals surface area (Å²) in [5.74, 6) is -2.91. The van der Waals surface area contributed by atoms with Gasteiger partial charge in [0.25, 0.3) is 0 Å². The molecule has 0 atom stereocenters. The van der Waals surface area contributed by atoms with E-state index in [-0.39, 0.29) is 16.8 Å². The van der Waals surface area contributed by atoms with Crippen LogP contribution < -0.4 is 5.73 Å². The Morgan fingerprint density at radius 3 is 2.45 bits per heavy atom. The largest absolute Gasteiger partial charge is 0.457 e. The van der Waals surface area contributed by atoms with Crippen LogP contribution in [0.4, 0.5) is 18.9 Å². The molecule has 104 valence electrons. The Labute approximate surface area is 112 Å². The summed E-state index contributed by atoms with van der Waals surface area (Å²) in [6, 6.07) is 6.02. The van der Waals surface area contributed by atoms with E-state index in [1.807, 2.05) is 0 Å². The number of nitrogens with two attached hydrogens (primary N) is 1. The summed E-state index contributed by atoms with van der Waals surface area (Å²) in [6.07, 6.45) is 0. The first-order valence-electron chi connectivity index (χ1n) is 5.63. The fraction of sp³-hybridized carbons (Fsp3) is 0.0714. The summed E-state index contributed by atoms with van der Waals surface area (Å²) < 4.78 is 44.1. The number of nitrogen functional groups attached to an aromatic ring is 1. The zero-order valence-electron chi connectivity index (χ0n) is 10.2. The van der Waals surface area contributed by atoms with Crippen LogP contribution in [0.3, 0.4) is 0 Å². The molecule has 0 heterocycles. The number of rotatable bonds is 3.